The number of nitrogens with one attached hydrogen (secondary N) is 1. The van der Waals surface area contributed by atoms with Gasteiger partial charge >= 0.3 is 0 Å². The van der Waals surface area contributed by atoms with E-state index in [0.717, 1.165) is 51.3 Å². The number of allylic oxidation sites excluding steroid dienone is 1. The van der Waals surface area contributed by atoms with Crippen molar-refractivity contribution in [2.24, 2.45) is 0 Å². The Labute approximate surface area is 204 Å². The zero-order valence-electron chi connectivity index (χ0n) is 19.7. The molecule has 172 valence electrons. The van der Waals surface area contributed by atoms with E-state index < -0.39 is 0 Å². The first kappa shape index (κ1) is 22.2. The number of ether oxygens (including phenoxy) is 1. The lowest BCUT2D eigenvalue weighted by Gasteiger charge is -2.09. The van der Waals surface area contributed by atoms with Crippen LogP contribution in [0.25, 0.3) is 39.6 Å². The summed E-state index contributed by atoms with van der Waals surface area (Å²) in [5, 5.41) is 14.9. The van der Waals surface area contributed by atoms with Gasteiger partial charge in [0.2, 0.25) is 0 Å². The van der Waals surface area contributed by atoms with E-state index in [-0.39, 0.29) is 0 Å². The Hall–Kier alpha value is -4.63. The van der Waals surface area contributed by atoms with Gasteiger partial charge in [0.1, 0.15) is 23.3 Å². The van der Waals surface area contributed by atoms with Crippen LogP contribution in [-0.2, 0) is 0 Å². The molecule has 0 aliphatic heterocycles. The number of H-pyrrole nitrogens is 1. The predicted octanol–water partition coefficient (Wildman–Crippen LogP) is 6.58. The SMILES string of the molecule is CCCOc1ccc(-c2nn(-c3ccccc3)cc2/C=C(\C#N)c2nc3ccccc3[nH]2)cc1C. The van der Waals surface area contributed by atoms with Crippen molar-refractivity contribution < 1.29 is 4.74 Å². The second kappa shape index (κ2) is 9.70. The molecular formula is C29H25N5O. The van der Waals surface area contributed by atoms with Crippen molar-refractivity contribution in [3.63, 3.8) is 0 Å². The quantitative estimate of drug-likeness (QED) is 0.279. The molecule has 0 fully saturated rings. The van der Waals surface area contributed by atoms with Crippen LogP contribution in [0.2, 0.25) is 0 Å². The molecule has 5 rings (SSSR count). The summed E-state index contributed by atoms with van der Waals surface area (Å²) in [6.45, 7) is 4.81. The number of hydrogen-bond donors (Lipinski definition) is 1. The number of aromatic amines is 1. The minimum absolute atomic E-state index is 0.440. The Morgan fingerprint density at radius 1 is 1.09 bits per heavy atom. The van der Waals surface area contributed by atoms with E-state index in [2.05, 4.69) is 29.0 Å². The van der Waals surface area contributed by atoms with Crippen molar-refractivity contribution in [2.45, 2.75) is 20.3 Å². The summed E-state index contributed by atoms with van der Waals surface area (Å²) >= 11 is 0. The van der Waals surface area contributed by atoms with Crippen LogP contribution in [0.1, 0.15) is 30.3 Å². The van der Waals surface area contributed by atoms with Gasteiger partial charge in [-0.1, -0.05) is 37.3 Å². The zero-order chi connectivity index (χ0) is 24.2. The summed E-state index contributed by atoms with van der Waals surface area (Å²) in [6.07, 6.45) is 4.74. The standard InChI is InChI=1S/C29H25N5O/c1-3-15-35-27-14-13-21(16-20(27)2)28-23(19-34(33-28)24-9-5-4-6-10-24)17-22(18-30)29-31-25-11-7-8-12-26(25)32-29/h4-14,16-17,19H,3,15H2,1-2H3,(H,31,32)/b22-17+. The maximum Gasteiger partial charge on any atom is 0.149 e. The predicted molar refractivity (Wildman–Crippen MR) is 139 cm³/mol. The lowest BCUT2D eigenvalue weighted by Crippen LogP contribution is -1.97. The van der Waals surface area contributed by atoms with Crippen LogP contribution in [0.4, 0.5) is 0 Å². The van der Waals surface area contributed by atoms with Crippen LogP contribution in [0.3, 0.4) is 0 Å². The highest BCUT2D eigenvalue weighted by molar-refractivity contribution is 5.92. The highest BCUT2D eigenvalue weighted by Crippen LogP contribution is 2.31. The largest absolute Gasteiger partial charge is 0.493 e. The summed E-state index contributed by atoms with van der Waals surface area (Å²) < 4.78 is 7.70. The summed E-state index contributed by atoms with van der Waals surface area (Å²) in [6, 6.07) is 26.1. The Morgan fingerprint density at radius 3 is 2.63 bits per heavy atom. The molecule has 2 aromatic heterocycles. The van der Waals surface area contributed by atoms with Crippen molar-refractivity contribution in [3.05, 3.63) is 95.9 Å². The highest BCUT2D eigenvalue weighted by Gasteiger charge is 2.15. The van der Waals surface area contributed by atoms with Crippen molar-refractivity contribution in [3.8, 4) is 28.8 Å². The Balaban J connectivity index is 1.62. The topological polar surface area (TPSA) is 79.5 Å². The molecule has 0 aliphatic rings. The van der Waals surface area contributed by atoms with Gasteiger partial charge in [0.25, 0.3) is 0 Å². The first-order valence-corrected chi connectivity index (χ1v) is 11.6. The molecule has 0 spiro atoms. The van der Waals surface area contributed by atoms with Gasteiger partial charge in [0, 0.05) is 17.3 Å². The fourth-order valence-electron chi connectivity index (χ4n) is 3.99. The number of fused-ring (bicyclic) bond motifs is 1. The average Bonchev–Trinajstić information content (AvgIpc) is 3.51. The number of hydrogen-bond acceptors (Lipinski definition) is 4. The molecular weight excluding hydrogens is 434 g/mol. The van der Waals surface area contributed by atoms with Crippen molar-refractivity contribution in [2.75, 3.05) is 6.61 Å². The number of aryl methyl sites for hydroxylation is 1. The molecule has 0 bridgehead atoms. The van der Waals surface area contributed by atoms with E-state index in [4.69, 9.17) is 9.84 Å². The fourth-order valence-corrected chi connectivity index (χ4v) is 3.99. The van der Waals surface area contributed by atoms with E-state index in [9.17, 15) is 5.26 Å². The number of benzene rings is 3. The Bertz CT molecular complexity index is 1520. The van der Waals surface area contributed by atoms with Crippen LogP contribution in [-0.4, -0.2) is 26.4 Å². The minimum Gasteiger partial charge on any atom is -0.493 e. The highest BCUT2D eigenvalue weighted by atomic mass is 16.5. The van der Waals surface area contributed by atoms with Gasteiger partial charge in [-0.25, -0.2) is 9.67 Å². The molecule has 0 saturated carbocycles. The van der Waals surface area contributed by atoms with Crippen LogP contribution < -0.4 is 4.74 Å². The third-order valence-corrected chi connectivity index (χ3v) is 5.74. The number of nitrogens with zero attached hydrogens (tertiary/aromatic N) is 4. The number of aromatic nitrogens is 4. The minimum atomic E-state index is 0.440. The summed E-state index contributed by atoms with van der Waals surface area (Å²) in [5.41, 5.74) is 6.69. The van der Waals surface area contributed by atoms with Crippen molar-refractivity contribution in [1.82, 2.24) is 19.7 Å². The molecule has 0 amide bonds. The normalized spacial score (nSPS) is 11.5. The molecule has 3 aromatic carbocycles. The molecule has 0 unspecified atom stereocenters. The summed E-state index contributed by atoms with van der Waals surface area (Å²) in [4.78, 5) is 7.87. The molecule has 0 aliphatic carbocycles. The molecule has 35 heavy (non-hydrogen) atoms. The molecule has 0 atom stereocenters. The van der Waals surface area contributed by atoms with Crippen LogP contribution in [0.5, 0.6) is 5.75 Å². The van der Waals surface area contributed by atoms with Crippen molar-refractivity contribution in [1.29, 1.82) is 5.26 Å². The molecule has 0 radical (unpaired) electrons. The third kappa shape index (κ3) is 4.57. The molecule has 6 heteroatoms. The van der Waals surface area contributed by atoms with Crippen LogP contribution in [0.15, 0.2) is 79.0 Å². The van der Waals surface area contributed by atoms with Crippen molar-refractivity contribution >= 4 is 22.7 Å². The van der Waals surface area contributed by atoms with E-state index in [1.807, 2.05) is 90.6 Å². The molecule has 5 aromatic rings. The van der Waals surface area contributed by atoms with Crippen LogP contribution in [0, 0.1) is 18.3 Å². The van der Waals surface area contributed by atoms with Gasteiger partial charge in [-0.05, 0) is 67.4 Å². The monoisotopic (exact) mass is 459 g/mol. The van der Waals surface area contributed by atoms with Gasteiger partial charge in [-0.2, -0.15) is 10.4 Å². The maximum atomic E-state index is 9.99. The van der Waals surface area contributed by atoms with Gasteiger partial charge < -0.3 is 9.72 Å². The van der Waals surface area contributed by atoms with E-state index in [0.29, 0.717) is 18.0 Å². The maximum absolute atomic E-state index is 9.99. The Morgan fingerprint density at radius 2 is 1.89 bits per heavy atom. The second-order valence-corrected chi connectivity index (χ2v) is 8.31. The second-order valence-electron chi connectivity index (χ2n) is 8.31. The van der Waals surface area contributed by atoms with E-state index in [1.54, 1.807) is 0 Å². The molecule has 2 heterocycles. The lowest BCUT2D eigenvalue weighted by molar-refractivity contribution is 0.315. The smallest absolute Gasteiger partial charge is 0.149 e. The summed E-state index contributed by atoms with van der Waals surface area (Å²) in [5.74, 6) is 1.40. The van der Waals surface area contributed by atoms with Crippen LogP contribution >= 0.6 is 0 Å². The molecule has 0 saturated heterocycles. The molecule has 1 N–H and O–H groups in total. The van der Waals surface area contributed by atoms with Gasteiger partial charge in [-0.15, -0.1) is 0 Å². The zero-order valence-corrected chi connectivity index (χ0v) is 19.7. The Kier molecular flexibility index (Phi) is 6.15. The molecule has 6 nitrogen and oxygen atoms in total. The number of rotatable bonds is 7. The van der Waals surface area contributed by atoms with Gasteiger partial charge in [0.05, 0.1) is 28.9 Å². The van der Waals surface area contributed by atoms with Gasteiger partial charge in [0.15, 0.2) is 0 Å². The fraction of sp³-hybridized carbons (Fsp3) is 0.138. The third-order valence-electron chi connectivity index (χ3n) is 5.74. The first-order chi connectivity index (χ1) is 17.2. The summed E-state index contributed by atoms with van der Waals surface area (Å²) in [7, 11) is 0. The van der Waals surface area contributed by atoms with Gasteiger partial charge in [-0.3, -0.25) is 0 Å². The number of nitriles is 1. The van der Waals surface area contributed by atoms with E-state index in [1.165, 1.54) is 0 Å². The number of imidazole rings is 1. The first-order valence-electron chi connectivity index (χ1n) is 11.6. The van der Waals surface area contributed by atoms with E-state index >= 15 is 0 Å². The average molecular weight is 460 g/mol. The number of para-hydroxylation sites is 3. The lowest BCUT2D eigenvalue weighted by atomic mass is 10.0.